The smallest absolute Gasteiger partial charge is 0.250 e. The molecule has 0 saturated carbocycles. The van der Waals surface area contributed by atoms with Gasteiger partial charge < -0.3 is 20.6 Å². The predicted molar refractivity (Wildman–Crippen MR) is 130 cm³/mol. The molecule has 0 atom stereocenters. The number of terminal acetylenes is 1. The van der Waals surface area contributed by atoms with Crippen molar-refractivity contribution in [2.24, 2.45) is 0 Å². The number of rotatable bonds is 7. The first-order valence-corrected chi connectivity index (χ1v) is 10.5. The molecule has 0 bridgehead atoms. The van der Waals surface area contributed by atoms with Gasteiger partial charge in [-0.05, 0) is 73.5 Å². The van der Waals surface area contributed by atoms with Crippen LogP contribution in [-0.2, 0) is 5.41 Å². The zero-order valence-electron chi connectivity index (χ0n) is 18.5. The van der Waals surface area contributed by atoms with Crippen molar-refractivity contribution in [3.05, 3.63) is 66.5 Å². The van der Waals surface area contributed by atoms with Crippen LogP contribution in [0.5, 0.6) is 0 Å². The van der Waals surface area contributed by atoms with E-state index in [0.29, 0.717) is 29.6 Å². The normalized spacial score (nSPS) is 11.2. The SMILES string of the molecule is C#CC(C)(C)c1cc(-c2ccc(N)c(-c3nnc(-c4ccc(NCCO)cc4)o3)c2)ccn1. The third kappa shape index (κ3) is 4.71. The Kier molecular flexibility index (Phi) is 6.11. The largest absolute Gasteiger partial charge is 0.416 e. The van der Waals surface area contributed by atoms with Gasteiger partial charge in [0.1, 0.15) is 0 Å². The van der Waals surface area contributed by atoms with Gasteiger partial charge in [-0.15, -0.1) is 16.6 Å². The van der Waals surface area contributed by atoms with Crippen molar-refractivity contribution in [1.82, 2.24) is 15.2 Å². The molecule has 4 aromatic rings. The molecular formula is C26H25N5O2. The highest BCUT2D eigenvalue weighted by atomic mass is 16.4. The first kappa shape index (κ1) is 22.1. The molecule has 0 saturated heterocycles. The zero-order valence-corrected chi connectivity index (χ0v) is 18.5. The molecule has 0 radical (unpaired) electrons. The first-order valence-electron chi connectivity index (χ1n) is 10.5. The van der Waals surface area contributed by atoms with Gasteiger partial charge in [0, 0.05) is 29.7 Å². The van der Waals surface area contributed by atoms with Gasteiger partial charge in [0.25, 0.3) is 0 Å². The molecule has 0 spiro atoms. The molecule has 4 N–H and O–H groups in total. The summed E-state index contributed by atoms with van der Waals surface area (Å²) in [5.74, 6) is 3.52. The van der Waals surface area contributed by atoms with Gasteiger partial charge in [0.05, 0.1) is 23.3 Å². The number of nitrogens with two attached hydrogens (primary N) is 1. The highest BCUT2D eigenvalue weighted by Crippen LogP contribution is 2.33. The number of nitrogens with zero attached hydrogens (tertiary/aromatic N) is 3. The number of nitrogen functional groups attached to an aromatic ring is 1. The Morgan fingerprint density at radius 1 is 1.00 bits per heavy atom. The van der Waals surface area contributed by atoms with Gasteiger partial charge in [-0.25, -0.2) is 0 Å². The van der Waals surface area contributed by atoms with Crippen molar-refractivity contribution < 1.29 is 9.52 Å². The summed E-state index contributed by atoms with van der Waals surface area (Å²) in [5.41, 5.74) is 11.4. The van der Waals surface area contributed by atoms with Gasteiger partial charge in [0.2, 0.25) is 11.8 Å². The number of nitrogens with one attached hydrogen (secondary N) is 1. The van der Waals surface area contributed by atoms with E-state index in [0.717, 1.165) is 28.1 Å². The van der Waals surface area contributed by atoms with E-state index < -0.39 is 5.41 Å². The standard InChI is InChI=1S/C26H25N5O2/c1-4-26(2,3)23-16-19(11-12-29-23)18-7-10-22(27)21(15-18)25-31-30-24(33-25)17-5-8-20(9-6-17)28-13-14-32/h1,5-12,15-16,28,32H,13-14,27H2,2-3H3. The van der Waals surface area contributed by atoms with Gasteiger partial charge in [0.15, 0.2) is 0 Å². The Morgan fingerprint density at radius 2 is 1.70 bits per heavy atom. The van der Waals surface area contributed by atoms with Gasteiger partial charge in [-0.1, -0.05) is 12.0 Å². The Hall–Kier alpha value is -4.15. The molecule has 33 heavy (non-hydrogen) atoms. The molecular weight excluding hydrogens is 414 g/mol. The van der Waals surface area contributed by atoms with Crippen LogP contribution in [0.15, 0.2) is 65.2 Å². The third-order valence-corrected chi connectivity index (χ3v) is 5.38. The van der Waals surface area contributed by atoms with Crippen molar-refractivity contribution >= 4 is 11.4 Å². The maximum atomic E-state index is 8.93. The molecule has 2 aromatic heterocycles. The fourth-order valence-corrected chi connectivity index (χ4v) is 3.33. The second kappa shape index (κ2) is 9.15. The Labute approximate surface area is 192 Å². The van der Waals surface area contributed by atoms with E-state index >= 15 is 0 Å². The van der Waals surface area contributed by atoms with Crippen LogP contribution in [-0.4, -0.2) is 33.4 Å². The van der Waals surface area contributed by atoms with Crippen LogP contribution in [0, 0.1) is 12.3 Å². The number of pyridine rings is 1. The molecule has 0 amide bonds. The van der Waals surface area contributed by atoms with Crippen LogP contribution in [0.4, 0.5) is 11.4 Å². The molecule has 4 rings (SSSR count). The molecule has 0 aliphatic heterocycles. The number of hydrogen-bond donors (Lipinski definition) is 3. The molecule has 0 aliphatic rings. The van der Waals surface area contributed by atoms with Crippen molar-refractivity contribution in [2.75, 3.05) is 24.2 Å². The monoisotopic (exact) mass is 439 g/mol. The summed E-state index contributed by atoms with van der Waals surface area (Å²) in [5, 5.41) is 20.4. The second-order valence-corrected chi connectivity index (χ2v) is 8.14. The van der Waals surface area contributed by atoms with Crippen LogP contribution in [0.1, 0.15) is 19.5 Å². The minimum absolute atomic E-state index is 0.0672. The fraction of sp³-hybridized carbons (Fsp3) is 0.192. The summed E-state index contributed by atoms with van der Waals surface area (Å²) in [6.45, 7) is 4.47. The maximum Gasteiger partial charge on any atom is 0.250 e. The number of aliphatic hydroxyl groups is 1. The molecule has 2 heterocycles. The molecule has 7 heteroatoms. The fourth-order valence-electron chi connectivity index (χ4n) is 3.33. The molecule has 2 aromatic carbocycles. The molecule has 166 valence electrons. The number of hydrogen-bond acceptors (Lipinski definition) is 7. The average molecular weight is 440 g/mol. The quantitative estimate of drug-likeness (QED) is 0.290. The lowest BCUT2D eigenvalue weighted by molar-refractivity contribution is 0.311. The lowest BCUT2D eigenvalue weighted by Crippen LogP contribution is -2.15. The summed E-state index contributed by atoms with van der Waals surface area (Å²) in [6, 6.07) is 17.1. The summed E-state index contributed by atoms with van der Waals surface area (Å²) in [7, 11) is 0. The molecule has 0 fully saturated rings. The van der Waals surface area contributed by atoms with E-state index in [1.54, 1.807) is 6.20 Å². The van der Waals surface area contributed by atoms with Crippen LogP contribution < -0.4 is 11.1 Å². The zero-order chi connectivity index (χ0) is 23.4. The molecule has 0 aliphatic carbocycles. The summed E-state index contributed by atoms with van der Waals surface area (Å²) in [4.78, 5) is 4.44. The minimum atomic E-state index is -0.475. The van der Waals surface area contributed by atoms with E-state index in [1.807, 2.05) is 68.4 Å². The maximum absolute atomic E-state index is 8.93. The van der Waals surface area contributed by atoms with Gasteiger partial charge in [-0.2, -0.15) is 0 Å². The van der Waals surface area contributed by atoms with Gasteiger partial charge in [-0.3, -0.25) is 4.98 Å². The Balaban J connectivity index is 1.64. The summed E-state index contributed by atoms with van der Waals surface area (Å²) in [6.07, 6.45) is 7.43. The van der Waals surface area contributed by atoms with Crippen LogP contribution in [0.3, 0.4) is 0 Å². The van der Waals surface area contributed by atoms with E-state index in [1.165, 1.54) is 0 Å². The van der Waals surface area contributed by atoms with E-state index in [4.69, 9.17) is 21.7 Å². The van der Waals surface area contributed by atoms with Gasteiger partial charge >= 0.3 is 0 Å². The number of anilines is 2. The molecule has 7 nitrogen and oxygen atoms in total. The highest BCUT2D eigenvalue weighted by molar-refractivity contribution is 5.78. The lowest BCUT2D eigenvalue weighted by atomic mass is 9.88. The van der Waals surface area contributed by atoms with E-state index in [-0.39, 0.29) is 6.61 Å². The minimum Gasteiger partial charge on any atom is -0.416 e. The Bertz CT molecular complexity index is 1300. The van der Waals surface area contributed by atoms with Crippen LogP contribution in [0.25, 0.3) is 34.0 Å². The first-order chi connectivity index (χ1) is 15.9. The highest BCUT2D eigenvalue weighted by Gasteiger charge is 2.20. The van der Waals surface area contributed by atoms with Crippen molar-refractivity contribution in [3.63, 3.8) is 0 Å². The molecule has 0 unspecified atom stereocenters. The lowest BCUT2D eigenvalue weighted by Gasteiger charge is -2.17. The Morgan fingerprint density at radius 3 is 2.42 bits per heavy atom. The third-order valence-electron chi connectivity index (χ3n) is 5.38. The number of benzene rings is 2. The van der Waals surface area contributed by atoms with Crippen LogP contribution >= 0.6 is 0 Å². The second-order valence-electron chi connectivity index (χ2n) is 8.14. The van der Waals surface area contributed by atoms with Crippen molar-refractivity contribution in [2.45, 2.75) is 19.3 Å². The topological polar surface area (TPSA) is 110 Å². The van der Waals surface area contributed by atoms with Crippen LogP contribution in [0.2, 0.25) is 0 Å². The number of aromatic nitrogens is 3. The summed E-state index contributed by atoms with van der Waals surface area (Å²) >= 11 is 0. The van der Waals surface area contributed by atoms with E-state index in [9.17, 15) is 0 Å². The van der Waals surface area contributed by atoms with E-state index in [2.05, 4.69) is 26.4 Å². The predicted octanol–water partition coefficient (Wildman–Crippen LogP) is 4.36. The van der Waals surface area contributed by atoms with Crippen molar-refractivity contribution in [3.8, 4) is 46.4 Å². The summed E-state index contributed by atoms with van der Waals surface area (Å²) < 4.78 is 5.94. The average Bonchev–Trinajstić information content (AvgIpc) is 3.33. The van der Waals surface area contributed by atoms with Crippen molar-refractivity contribution in [1.29, 1.82) is 0 Å². The number of aliphatic hydroxyl groups excluding tert-OH is 1.